The molecule has 47 heavy (non-hydrogen) atoms. The molecule has 1 fully saturated rings. The third-order valence-corrected chi connectivity index (χ3v) is 9.99. The number of phenolic OH excluding ortho intramolecular Hbond substituents is 1. The van der Waals surface area contributed by atoms with Crippen molar-refractivity contribution < 1.29 is 54.4 Å². The average Bonchev–Trinajstić information content (AvgIpc) is 3.22. The van der Waals surface area contributed by atoms with Gasteiger partial charge in [-0.3, -0.25) is 24.1 Å². The summed E-state index contributed by atoms with van der Waals surface area (Å²) in [6.45, 7) is 5.13. The van der Waals surface area contributed by atoms with E-state index in [1.54, 1.807) is 32.9 Å². The minimum Gasteiger partial charge on any atom is -0.508 e. The molecule has 1 aliphatic heterocycles. The molecule has 6 rings (SSSR count). The number of rotatable bonds is 4. The van der Waals surface area contributed by atoms with Gasteiger partial charge in [0, 0.05) is 22.7 Å². The predicted molar refractivity (Wildman–Crippen MR) is 166 cm³/mol. The monoisotopic (exact) mass is 647 g/mol. The first-order valence-electron chi connectivity index (χ1n) is 14.9. The molecule has 1 heterocycles. The highest BCUT2D eigenvalue weighted by Gasteiger charge is 2.68. The number of carbonyl (C=O) groups is 4. The molecule has 0 aromatic heterocycles. The van der Waals surface area contributed by atoms with Gasteiger partial charge in [0.25, 0.3) is 11.8 Å². The lowest BCUT2D eigenvalue weighted by molar-refractivity contribution is -0.169. The van der Waals surface area contributed by atoms with E-state index in [1.807, 2.05) is 0 Å². The molecule has 6 atom stereocenters. The van der Waals surface area contributed by atoms with E-state index >= 15 is 0 Å². The highest BCUT2D eigenvalue weighted by atomic mass is 16.5. The molecule has 0 unspecified atom stereocenters. The molecule has 0 saturated heterocycles. The summed E-state index contributed by atoms with van der Waals surface area (Å²) in [7, 11) is 1.59. The number of nitrogens with zero attached hydrogens (tertiary/aromatic N) is 1. The van der Waals surface area contributed by atoms with Gasteiger partial charge in [-0.15, -0.1) is 0 Å². The Morgan fingerprint density at radius 3 is 2.36 bits per heavy atom. The van der Waals surface area contributed by atoms with E-state index in [2.05, 4.69) is 5.32 Å². The Balaban J connectivity index is 1.48. The first kappa shape index (κ1) is 32.4. The van der Waals surface area contributed by atoms with Gasteiger partial charge in [-0.25, -0.2) is 0 Å². The van der Waals surface area contributed by atoms with Crippen molar-refractivity contribution in [3.63, 3.8) is 0 Å². The summed E-state index contributed by atoms with van der Waals surface area (Å²) in [6.07, 6.45) is -1.79. The van der Waals surface area contributed by atoms with Crippen molar-refractivity contribution in [2.75, 3.05) is 19.4 Å². The lowest BCUT2D eigenvalue weighted by atomic mass is 9.54. The Morgan fingerprint density at radius 1 is 1.09 bits per heavy atom. The van der Waals surface area contributed by atoms with Crippen molar-refractivity contribution >= 4 is 47.4 Å². The molecular formula is C32H34BN3O11. The Kier molecular flexibility index (Phi) is 7.23. The molecule has 0 spiro atoms. The molecular weight excluding hydrogens is 613 g/mol. The second-order valence-corrected chi connectivity index (χ2v) is 13.2. The number of amides is 2. The van der Waals surface area contributed by atoms with Gasteiger partial charge in [-0.05, 0) is 74.7 Å². The molecule has 3 aliphatic carbocycles. The van der Waals surface area contributed by atoms with Gasteiger partial charge >= 0.3 is 7.12 Å². The van der Waals surface area contributed by atoms with E-state index in [1.165, 1.54) is 37.2 Å². The van der Waals surface area contributed by atoms with Crippen LogP contribution in [0.25, 0.3) is 5.76 Å². The summed E-state index contributed by atoms with van der Waals surface area (Å²) in [6, 6.07) is 5.76. The lowest BCUT2D eigenvalue weighted by Gasteiger charge is -2.53. The third kappa shape index (κ3) is 4.31. The number of phenols is 1. The number of hydrogen-bond donors (Lipinski definition) is 8. The topological polar surface area (TPSA) is 240 Å². The van der Waals surface area contributed by atoms with Gasteiger partial charge in [-0.2, -0.15) is 0 Å². The number of likely N-dealkylation sites (N-methyl/N-ethyl adjacent to an activating group) is 1. The second kappa shape index (κ2) is 10.5. The number of ketones is 2. The number of anilines is 1. The number of benzene rings is 2. The summed E-state index contributed by atoms with van der Waals surface area (Å²) in [4.78, 5) is 54.6. The van der Waals surface area contributed by atoms with Crippen LogP contribution >= 0.6 is 0 Å². The Hall–Kier alpha value is -4.54. The predicted octanol–water partition coefficient (Wildman–Crippen LogP) is -0.299. The van der Waals surface area contributed by atoms with Crippen LogP contribution in [0, 0.1) is 11.8 Å². The van der Waals surface area contributed by atoms with Crippen LogP contribution in [0.3, 0.4) is 0 Å². The summed E-state index contributed by atoms with van der Waals surface area (Å²) in [5.41, 5.74) is 1.26. The number of aromatic hydroxyl groups is 1. The number of nitrogens with one attached hydrogen (secondary N) is 1. The van der Waals surface area contributed by atoms with E-state index in [4.69, 9.17) is 10.4 Å². The highest BCUT2D eigenvalue weighted by molar-refractivity contribution is 6.62. The minimum atomic E-state index is -3.04. The number of aliphatic hydroxyl groups is 4. The fourth-order valence-corrected chi connectivity index (χ4v) is 7.86. The number of hydrogen-bond acceptors (Lipinski definition) is 12. The van der Waals surface area contributed by atoms with Crippen LogP contribution in [0.2, 0.25) is 0 Å². The van der Waals surface area contributed by atoms with Crippen LogP contribution in [-0.2, 0) is 24.6 Å². The quantitative estimate of drug-likeness (QED) is 0.121. The largest absolute Gasteiger partial charge is 0.508 e. The number of aliphatic hydroxyl groups excluding tert-OH is 3. The van der Waals surface area contributed by atoms with Gasteiger partial charge in [-0.1, -0.05) is 13.0 Å². The van der Waals surface area contributed by atoms with Crippen molar-refractivity contribution in [3.8, 4) is 5.75 Å². The number of Topliss-reactive ketones (excluding diaryl/α,β-unsaturated/α-hetero) is 2. The fraction of sp³-hybridized carbons (Fsp3) is 0.375. The lowest BCUT2D eigenvalue weighted by Crippen LogP contribution is -2.70. The van der Waals surface area contributed by atoms with Gasteiger partial charge in [0.2, 0.25) is 5.78 Å². The summed E-state index contributed by atoms with van der Waals surface area (Å²) in [5, 5.41) is 70.4. The second-order valence-electron chi connectivity index (χ2n) is 13.2. The molecule has 2 aromatic rings. The van der Waals surface area contributed by atoms with Crippen molar-refractivity contribution in [3.05, 3.63) is 69.5 Å². The van der Waals surface area contributed by atoms with E-state index < -0.39 is 100 Å². The van der Waals surface area contributed by atoms with E-state index in [0.29, 0.717) is 11.0 Å². The molecule has 0 radical (unpaired) electrons. The maximum absolute atomic E-state index is 14.2. The van der Waals surface area contributed by atoms with Crippen LogP contribution in [0.4, 0.5) is 5.69 Å². The van der Waals surface area contributed by atoms with Crippen LogP contribution in [0.1, 0.15) is 53.7 Å². The first-order valence-corrected chi connectivity index (χ1v) is 14.9. The maximum Gasteiger partial charge on any atom is 0.492 e. The summed E-state index contributed by atoms with van der Waals surface area (Å²) >= 11 is 0. The summed E-state index contributed by atoms with van der Waals surface area (Å²) < 4.78 is 5.58. The van der Waals surface area contributed by atoms with Crippen LogP contribution in [0.15, 0.2) is 47.2 Å². The van der Waals surface area contributed by atoms with Crippen LogP contribution in [0.5, 0.6) is 5.75 Å². The standard InChI is InChI=1S/C32H34BN3O11/c1-11-17-15(35-30(44)12-6-7-13-14(10-12)33(46)47-31(13,2)3)8-9-16(37)19(17)24(38)20-18(11)25(39)22-23(36(4)5)26(40)21(29(34)43)28(42)32(22,45)27(20)41/h6-11,18,22-23,25,37-39,42,45-46H,1-5H3,(H2,34,43)(H,35,44)/t11-,18+,22+,23-,25-,32-/m0/s1. The van der Waals surface area contributed by atoms with Gasteiger partial charge < -0.3 is 46.3 Å². The molecule has 1 saturated carbocycles. The Bertz CT molecular complexity index is 1870. The molecule has 15 heteroatoms. The third-order valence-electron chi connectivity index (χ3n) is 9.99. The Morgan fingerprint density at radius 2 is 1.74 bits per heavy atom. The molecule has 4 aliphatic rings. The van der Waals surface area contributed by atoms with Crippen molar-refractivity contribution in [2.45, 2.75) is 50.0 Å². The van der Waals surface area contributed by atoms with Gasteiger partial charge in [0.05, 0.1) is 29.2 Å². The molecule has 246 valence electrons. The highest BCUT2D eigenvalue weighted by Crippen LogP contribution is 2.57. The maximum atomic E-state index is 14.2. The zero-order chi connectivity index (χ0) is 34.7. The van der Waals surface area contributed by atoms with Crippen molar-refractivity contribution in [1.82, 2.24) is 4.90 Å². The normalized spacial score (nSPS) is 29.4. The average molecular weight is 647 g/mol. The van der Waals surface area contributed by atoms with E-state index in [-0.39, 0.29) is 22.4 Å². The minimum absolute atomic E-state index is 0.113. The van der Waals surface area contributed by atoms with Crippen molar-refractivity contribution in [2.24, 2.45) is 17.6 Å². The molecule has 9 N–H and O–H groups in total. The number of primary amides is 1. The number of nitrogens with two attached hydrogens (primary N) is 1. The number of carbonyl (C=O) groups excluding carboxylic acids is 4. The molecule has 2 amide bonds. The van der Waals surface area contributed by atoms with Crippen LogP contribution in [-0.4, -0.2) is 97.8 Å². The molecule has 0 bridgehead atoms. The molecule has 2 aromatic carbocycles. The zero-order valence-electron chi connectivity index (χ0n) is 26.1. The zero-order valence-corrected chi connectivity index (χ0v) is 26.1. The smallest absolute Gasteiger partial charge is 0.492 e. The van der Waals surface area contributed by atoms with Gasteiger partial charge in [0.15, 0.2) is 11.4 Å². The van der Waals surface area contributed by atoms with Crippen molar-refractivity contribution in [1.29, 1.82) is 0 Å². The van der Waals surface area contributed by atoms with E-state index in [9.17, 15) is 49.7 Å². The van der Waals surface area contributed by atoms with E-state index in [0.717, 1.165) is 0 Å². The SMILES string of the molecule is C[C@H]1c2c(NC(=O)c3ccc4c(c3)B(O)OC4(C)C)ccc(O)c2C(O)=C2C(=O)[C@]3(O)C(O)=C(C(N)=O)C(=O)[C@@H](N(C)C)[C@@H]3[C@@H](O)[C@@H]21. The first-order chi connectivity index (χ1) is 21.9. The Labute approximate surface area is 268 Å². The number of fused-ring (bicyclic) bond motifs is 4. The van der Waals surface area contributed by atoms with Crippen LogP contribution < -0.4 is 16.5 Å². The fourth-order valence-electron chi connectivity index (χ4n) is 7.86. The molecule has 14 nitrogen and oxygen atoms in total. The summed E-state index contributed by atoms with van der Waals surface area (Å²) in [5.74, 6) is -11.0. The van der Waals surface area contributed by atoms with Gasteiger partial charge in [0.1, 0.15) is 22.8 Å².